The van der Waals surface area contributed by atoms with Gasteiger partial charge in [0, 0.05) is 27.7 Å². The summed E-state index contributed by atoms with van der Waals surface area (Å²) in [7, 11) is 0. The van der Waals surface area contributed by atoms with Gasteiger partial charge in [0.15, 0.2) is 0 Å². The van der Waals surface area contributed by atoms with Gasteiger partial charge in [-0.3, -0.25) is 4.98 Å². The van der Waals surface area contributed by atoms with Crippen LogP contribution in [0.4, 0.5) is 0 Å². The SMILES string of the molecule is OCc1c(Cl)cccc1-c1nccc2cc(C3CC3)ccc12. The van der Waals surface area contributed by atoms with Crippen LogP contribution in [0.2, 0.25) is 5.02 Å². The Morgan fingerprint density at radius 2 is 2.00 bits per heavy atom. The summed E-state index contributed by atoms with van der Waals surface area (Å²) in [6.07, 6.45) is 4.43. The van der Waals surface area contributed by atoms with Crippen molar-refractivity contribution < 1.29 is 5.11 Å². The molecule has 0 spiro atoms. The molecule has 22 heavy (non-hydrogen) atoms. The summed E-state index contributed by atoms with van der Waals surface area (Å²) < 4.78 is 0. The summed E-state index contributed by atoms with van der Waals surface area (Å²) in [5.41, 5.74) is 3.93. The lowest BCUT2D eigenvalue weighted by atomic mass is 9.98. The van der Waals surface area contributed by atoms with Gasteiger partial charge in [-0.05, 0) is 41.8 Å². The number of hydrogen-bond donors (Lipinski definition) is 1. The van der Waals surface area contributed by atoms with E-state index in [0.717, 1.165) is 28.1 Å². The molecule has 0 aliphatic heterocycles. The van der Waals surface area contributed by atoms with Crippen molar-refractivity contribution >= 4 is 22.4 Å². The van der Waals surface area contributed by atoms with Crippen molar-refractivity contribution in [2.24, 2.45) is 0 Å². The first-order valence-electron chi connectivity index (χ1n) is 7.55. The van der Waals surface area contributed by atoms with Gasteiger partial charge in [0.1, 0.15) is 0 Å². The molecule has 1 aliphatic rings. The molecule has 2 aromatic carbocycles. The largest absolute Gasteiger partial charge is 0.392 e. The van der Waals surface area contributed by atoms with E-state index in [-0.39, 0.29) is 6.61 Å². The van der Waals surface area contributed by atoms with Crippen LogP contribution >= 0.6 is 11.6 Å². The van der Waals surface area contributed by atoms with E-state index in [1.807, 2.05) is 24.4 Å². The van der Waals surface area contributed by atoms with Crippen molar-refractivity contribution in [1.82, 2.24) is 4.98 Å². The predicted octanol–water partition coefficient (Wildman–Crippen LogP) is 4.92. The summed E-state index contributed by atoms with van der Waals surface area (Å²) >= 11 is 6.22. The van der Waals surface area contributed by atoms with Gasteiger partial charge in [-0.15, -0.1) is 0 Å². The zero-order valence-corrected chi connectivity index (χ0v) is 12.8. The summed E-state index contributed by atoms with van der Waals surface area (Å²) in [4.78, 5) is 4.55. The van der Waals surface area contributed by atoms with E-state index in [0.29, 0.717) is 5.02 Å². The standard InChI is InChI=1S/C19H16ClNO/c20-18-3-1-2-16(17(18)11-22)19-15-7-6-13(12-4-5-12)10-14(15)8-9-21-19/h1-3,6-10,12,22H,4-5,11H2. The fourth-order valence-electron chi connectivity index (χ4n) is 3.02. The number of aliphatic hydroxyl groups is 1. The van der Waals surface area contributed by atoms with Crippen LogP contribution in [0.1, 0.15) is 29.9 Å². The van der Waals surface area contributed by atoms with E-state index < -0.39 is 0 Å². The number of aliphatic hydroxyl groups excluding tert-OH is 1. The van der Waals surface area contributed by atoms with Crippen LogP contribution in [0.15, 0.2) is 48.7 Å². The van der Waals surface area contributed by atoms with Crippen molar-refractivity contribution in [2.45, 2.75) is 25.4 Å². The van der Waals surface area contributed by atoms with Crippen molar-refractivity contribution in [3.05, 3.63) is 64.8 Å². The van der Waals surface area contributed by atoms with Crippen molar-refractivity contribution in [2.75, 3.05) is 0 Å². The molecule has 0 unspecified atom stereocenters. The molecule has 0 radical (unpaired) electrons. The molecule has 0 saturated heterocycles. The fraction of sp³-hybridized carbons (Fsp3) is 0.211. The molecule has 2 nitrogen and oxygen atoms in total. The number of fused-ring (bicyclic) bond motifs is 1. The first-order chi connectivity index (χ1) is 10.8. The highest BCUT2D eigenvalue weighted by Gasteiger charge is 2.23. The molecule has 1 aromatic heterocycles. The second-order valence-corrected chi connectivity index (χ2v) is 6.25. The summed E-state index contributed by atoms with van der Waals surface area (Å²) in [6.45, 7) is -0.0900. The molecule has 0 atom stereocenters. The monoisotopic (exact) mass is 309 g/mol. The molecule has 1 fully saturated rings. The van der Waals surface area contributed by atoms with Gasteiger partial charge < -0.3 is 5.11 Å². The molecule has 3 heteroatoms. The maximum atomic E-state index is 9.65. The zero-order chi connectivity index (χ0) is 15.1. The molecule has 1 aliphatic carbocycles. The third-order valence-electron chi connectivity index (χ3n) is 4.37. The minimum atomic E-state index is -0.0900. The lowest BCUT2D eigenvalue weighted by molar-refractivity contribution is 0.282. The van der Waals surface area contributed by atoms with Crippen LogP contribution in [-0.2, 0) is 6.61 Å². The number of benzene rings is 2. The molecular weight excluding hydrogens is 294 g/mol. The normalized spacial score (nSPS) is 14.5. The molecule has 110 valence electrons. The number of hydrogen-bond acceptors (Lipinski definition) is 2. The maximum Gasteiger partial charge on any atom is 0.0784 e. The van der Waals surface area contributed by atoms with Crippen LogP contribution in [-0.4, -0.2) is 10.1 Å². The van der Waals surface area contributed by atoms with Crippen molar-refractivity contribution in [3.8, 4) is 11.3 Å². The second kappa shape index (κ2) is 5.38. The molecular formula is C19H16ClNO. The lowest BCUT2D eigenvalue weighted by Crippen LogP contribution is -1.94. The van der Waals surface area contributed by atoms with Gasteiger partial charge >= 0.3 is 0 Å². The number of pyridine rings is 1. The Hall–Kier alpha value is -1.90. The van der Waals surface area contributed by atoms with Crippen LogP contribution < -0.4 is 0 Å². The number of nitrogens with zero attached hydrogens (tertiary/aromatic N) is 1. The van der Waals surface area contributed by atoms with Crippen LogP contribution in [0.3, 0.4) is 0 Å². The number of aromatic nitrogens is 1. The first kappa shape index (κ1) is 13.7. The van der Waals surface area contributed by atoms with E-state index in [1.165, 1.54) is 23.8 Å². The lowest BCUT2D eigenvalue weighted by Gasteiger charge is -2.12. The van der Waals surface area contributed by atoms with Gasteiger partial charge in [0.05, 0.1) is 12.3 Å². The summed E-state index contributed by atoms with van der Waals surface area (Å²) in [5.74, 6) is 0.736. The van der Waals surface area contributed by atoms with Crippen LogP contribution in [0.25, 0.3) is 22.0 Å². The zero-order valence-electron chi connectivity index (χ0n) is 12.1. The smallest absolute Gasteiger partial charge is 0.0784 e. The third kappa shape index (κ3) is 2.29. The number of halogens is 1. The average Bonchev–Trinajstić information content (AvgIpc) is 3.38. The Balaban J connectivity index is 1.93. The Labute approximate surface area is 134 Å². The Bertz CT molecular complexity index is 855. The van der Waals surface area contributed by atoms with Crippen LogP contribution in [0.5, 0.6) is 0 Å². The highest BCUT2D eigenvalue weighted by molar-refractivity contribution is 6.31. The predicted molar refractivity (Wildman–Crippen MR) is 90.1 cm³/mol. The van der Waals surface area contributed by atoms with E-state index >= 15 is 0 Å². The Kier molecular flexibility index (Phi) is 3.36. The molecule has 0 bridgehead atoms. The molecule has 3 aromatic rings. The molecule has 4 rings (SSSR count). The fourth-order valence-corrected chi connectivity index (χ4v) is 3.26. The molecule has 0 amide bonds. The Morgan fingerprint density at radius 3 is 2.77 bits per heavy atom. The van der Waals surface area contributed by atoms with Crippen molar-refractivity contribution in [1.29, 1.82) is 0 Å². The van der Waals surface area contributed by atoms with Gasteiger partial charge in [0.2, 0.25) is 0 Å². The highest BCUT2D eigenvalue weighted by atomic mass is 35.5. The second-order valence-electron chi connectivity index (χ2n) is 5.84. The maximum absolute atomic E-state index is 9.65. The Morgan fingerprint density at radius 1 is 1.14 bits per heavy atom. The minimum Gasteiger partial charge on any atom is -0.392 e. The average molecular weight is 310 g/mol. The van der Waals surface area contributed by atoms with Crippen LogP contribution in [0, 0.1) is 0 Å². The summed E-state index contributed by atoms with van der Waals surface area (Å²) in [6, 6.07) is 14.3. The van der Waals surface area contributed by atoms with E-state index in [2.05, 4.69) is 23.2 Å². The topological polar surface area (TPSA) is 33.1 Å². The third-order valence-corrected chi connectivity index (χ3v) is 4.72. The first-order valence-corrected chi connectivity index (χ1v) is 7.93. The van der Waals surface area contributed by atoms with Gasteiger partial charge in [0.25, 0.3) is 0 Å². The van der Waals surface area contributed by atoms with Gasteiger partial charge in [-0.2, -0.15) is 0 Å². The molecule has 1 saturated carbocycles. The van der Waals surface area contributed by atoms with E-state index in [9.17, 15) is 5.11 Å². The van der Waals surface area contributed by atoms with Gasteiger partial charge in [-0.25, -0.2) is 0 Å². The number of rotatable bonds is 3. The molecule has 1 heterocycles. The van der Waals surface area contributed by atoms with E-state index in [4.69, 9.17) is 11.6 Å². The quantitative estimate of drug-likeness (QED) is 0.744. The van der Waals surface area contributed by atoms with Gasteiger partial charge in [-0.1, -0.05) is 41.9 Å². The highest BCUT2D eigenvalue weighted by Crippen LogP contribution is 2.41. The van der Waals surface area contributed by atoms with E-state index in [1.54, 1.807) is 6.07 Å². The van der Waals surface area contributed by atoms with Crippen molar-refractivity contribution in [3.63, 3.8) is 0 Å². The molecule has 1 N–H and O–H groups in total. The summed E-state index contributed by atoms with van der Waals surface area (Å²) in [5, 5.41) is 12.5. The minimum absolute atomic E-state index is 0.0900.